The number of ketones is 1. The molecule has 2 aliphatic rings. The predicted octanol–water partition coefficient (Wildman–Crippen LogP) is 4.76. The highest BCUT2D eigenvalue weighted by atomic mass is 16.5. The maximum absolute atomic E-state index is 13.4. The Hall–Kier alpha value is -3.74. The van der Waals surface area contributed by atoms with E-state index in [9.17, 15) is 14.4 Å². The maximum Gasteiger partial charge on any atom is 0.339 e. The van der Waals surface area contributed by atoms with Gasteiger partial charge in [-0.3, -0.25) is 14.6 Å². The zero-order chi connectivity index (χ0) is 24.7. The molecule has 0 saturated heterocycles. The fraction of sp³-hybridized carbons (Fsp3) is 0.357. The quantitative estimate of drug-likeness (QED) is 0.435. The number of aryl methyl sites for hydroxylation is 1. The molecule has 0 fully saturated rings. The van der Waals surface area contributed by atoms with Crippen molar-refractivity contribution in [2.45, 2.75) is 40.0 Å². The van der Waals surface area contributed by atoms with Crippen LogP contribution in [-0.2, 0) is 22.4 Å². The number of benzene rings is 2. The van der Waals surface area contributed by atoms with E-state index in [0.717, 1.165) is 41.4 Å². The number of esters is 1. The largest absolute Gasteiger partial charge is 0.482 e. The molecule has 180 valence electrons. The van der Waals surface area contributed by atoms with Crippen LogP contribution in [0.3, 0.4) is 0 Å². The molecule has 2 heterocycles. The Morgan fingerprint density at radius 1 is 1.17 bits per heavy atom. The summed E-state index contributed by atoms with van der Waals surface area (Å²) in [4.78, 5) is 42.7. The van der Waals surface area contributed by atoms with Crippen molar-refractivity contribution >= 4 is 34.3 Å². The second-order valence-corrected chi connectivity index (χ2v) is 10.3. The lowest BCUT2D eigenvalue weighted by Gasteiger charge is -2.35. The van der Waals surface area contributed by atoms with E-state index in [1.54, 1.807) is 18.2 Å². The number of Topliss-reactive ketones (excluding diaryl/α,β-unsaturated/α-hetero) is 1. The van der Waals surface area contributed by atoms with Gasteiger partial charge in [-0.25, -0.2) is 4.79 Å². The molecule has 1 aliphatic carbocycles. The number of hydrogen-bond donors (Lipinski definition) is 1. The molecular weight excluding hydrogens is 444 g/mol. The summed E-state index contributed by atoms with van der Waals surface area (Å²) >= 11 is 0. The second kappa shape index (κ2) is 8.80. The van der Waals surface area contributed by atoms with Crippen LogP contribution in [-0.4, -0.2) is 35.9 Å². The number of ether oxygens (including phenoxy) is 2. The highest BCUT2D eigenvalue weighted by Gasteiger charge is 2.33. The molecule has 5 rings (SSSR count). The lowest BCUT2D eigenvalue weighted by atomic mass is 9.70. The number of pyridine rings is 1. The molecule has 1 aliphatic heterocycles. The minimum Gasteiger partial charge on any atom is -0.482 e. The molecule has 3 aromatic rings. The Kier molecular flexibility index (Phi) is 5.79. The summed E-state index contributed by atoms with van der Waals surface area (Å²) in [6.45, 7) is 6.21. The number of hydrogen-bond acceptors (Lipinski definition) is 6. The molecule has 1 aromatic heterocycles. The normalized spacial score (nSPS) is 17.1. The number of carbonyl (C=O) groups excluding carboxylic acids is 3. The summed E-state index contributed by atoms with van der Waals surface area (Å²) in [5.41, 5.74) is 4.00. The lowest BCUT2D eigenvalue weighted by Crippen LogP contribution is -2.29. The average molecular weight is 473 g/mol. The Labute approximate surface area is 203 Å². The number of aromatic nitrogens is 1. The van der Waals surface area contributed by atoms with Gasteiger partial charge in [-0.15, -0.1) is 0 Å². The van der Waals surface area contributed by atoms with Crippen LogP contribution in [0, 0.1) is 11.3 Å². The van der Waals surface area contributed by atoms with Crippen molar-refractivity contribution in [1.82, 2.24) is 4.98 Å². The van der Waals surface area contributed by atoms with Gasteiger partial charge in [0.15, 0.2) is 19.0 Å². The van der Waals surface area contributed by atoms with Gasteiger partial charge in [0.1, 0.15) is 5.75 Å². The molecule has 7 nitrogen and oxygen atoms in total. The third kappa shape index (κ3) is 4.50. The summed E-state index contributed by atoms with van der Waals surface area (Å²) in [6, 6.07) is 12.3. The number of rotatable bonds is 4. The van der Waals surface area contributed by atoms with Gasteiger partial charge in [-0.1, -0.05) is 39.0 Å². The fourth-order valence-electron chi connectivity index (χ4n) is 4.90. The van der Waals surface area contributed by atoms with Crippen LogP contribution in [0.5, 0.6) is 5.75 Å². The van der Waals surface area contributed by atoms with E-state index >= 15 is 0 Å². The molecule has 0 radical (unpaired) electrons. The van der Waals surface area contributed by atoms with Gasteiger partial charge >= 0.3 is 5.97 Å². The first-order chi connectivity index (χ1) is 16.7. The third-order valence-electron chi connectivity index (χ3n) is 6.96. The van der Waals surface area contributed by atoms with Crippen molar-refractivity contribution in [3.63, 3.8) is 0 Å². The average Bonchev–Trinajstić information content (AvgIpc) is 2.84. The van der Waals surface area contributed by atoms with Gasteiger partial charge < -0.3 is 14.8 Å². The van der Waals surface area contributed by atoms with Crippen LogP contribution in [0.1, 0.15) is 59.2 Å². The number of para-hydroxylation sites is 1. The third-order valence-corrected chi connectivity index (χ3v) is 6.96. The highest BCUT2D eigenvalue weighted by Crippen LogP contribution is 2.39. The summed E-state index contributed by atoms with van der Waals surface area (Å²) in [7, 11) is 0. The summed E-state index contributed by atoms with van der Waals surface area (Å²) < 4.78 is 10.9. The number of nitrogens with zero attached hydrogens (tertiary/aromatic N) is 1. The van der Waals surface area contributed by atoms with E-state index in [2.05, 4.69) is 26.1 Å². The molecular formula is C28H28N2O5. The van der Waals surface area contributed by atoms with E-state index in [4.69, 9.17) is 14.5 Å². The van der Waals surface area contributed by atoms with Crippen LogP contribution in [0.4, 0.5) is 5.69 Å². The second-order valence-electron chi connectivity index (χ2n) is 10.3. The van der Waals surface area contributed by atoms with Crippen LogP contribution in [0.2, 0.25) is 0 Å². The van der Waals surface area contributed by atoms with E-state index in [1.807, 2.05) is 24.3 Å². The van der Waals surface area contributed by atoms with Crippen molar-refractivity contribution < 1.29 is 23.9 Å². The number of amides is 1. The van der Waals surface area contributed by atoms with Crippen LogP contribution in [0.25, 0.3) is 10.9 Å². The van der Waals surface area contributed by atoms with Crippen LogP contribution < -0.4 is 10.1 Å². The monoisotopic (exact) mass is 472 g/mol. The van der Waals surface area contributed by atoms with E-state index in [0.29, 0.717) is 28.5 Å². The minimum absolute atomic E-state index is 0.0574. The van der Waals surface area contributed by atoms with E-state index in [1.165, 1.54) is 0 Å². The van der Waals surface area contributed by atoms with Crippen molar-refractivity contribution in [3.8, 4) is 5.75 Å². The van der Waals surface area contributed by atoms with Crippen molar-refractivity contribution in [2.24, 2.45) is 11.3 Å². The zero-order valence-electron chi connectivity index (χ0n) is 20.1. The Balaban J connectivity index is 1.42. The first-order valence-corrected chi connectivity index (χ1v) is 11.9. The minimum atomic E-state index is -0.516. The molecule has 0 saturated carbocycles. The molecule has 0 spiro atoms. The topological polar surface area (TPSA) is 94.6 Å². The molecule has 2 aromatic carbocycles. The summed E-state index contributed by atoms with van der Waals surface area (Å²) in [6.07, 6.45) is 2.58. The molecule has 1 N–H and O–H groups in total. The fourth-order valence-corrected chi connectivity index (χ4v) is 4.90. The molecule has 0 bridgehead atoms. The van der Waals surface area contributed by atoms with Gasteiger partial charge in [0.2, 0.25) is 0 Å². The molecule has 35 heavy (non-hydrogen) atoms. The van der Waals surface area contributed by atoms with Gasteiger partial charge in [-0.05, 0) is 60.4 Å². The van der Waals surface area contributed by atoms with Crippen molar-refractivity contribution in [2.75, 3.05) is 18.5 Å². The van der Waals surface area contributed by atoms with Crippen LogP contribution in [0.15, 0.2) is 42.5 Å². The van der Waals surface area contributed by atoms with E-state index in [-0.39, 0.29) is 23.7 Å². The smallest absolute Gasteiger partial charge is 0.339 e. The van der Waals surface area contributed by atoms with Crippen molar-refractivity contribution in [1.29, 1.82) is 0 Å². The highest BCUT2D eigenvalue weighted by molar-refractivity contribution is 6.07. The SMILES string of the molecule is CC(C)(C)C1CCc2nc3ccccc3c(C(=O)OCC(=O)c3ccc4c(c3)NC(=O)CO4)c2C1. The van der Waals surface area contributed by atoms with Crippen molar-refractivity contribution in [3.05, 3.63) is 64.8 Å². The first kappa shape index (κ1) is 23.0. The number of nitrogens with one attached hydrogen (secondary N) is 1. The first-order valence-electron chi connectivity index (χ1n) is 11.9. The molecule has 1 atom stereocenters. The number of anilines is 1. The molecule has 1 amide bonds. The van der Waals surface area contributed by atoms with Crippen LogP contribution >= 0.6 is 0 Å². The standard InChI is InChI=1S/C28H28N2O5/c1-28(2,3)17-9-10-21-19(13-17)26(18-6-4-5-7-20(18)29-21)27(33)35-14-23(31)16-8-11-24-22(12-16)30-25(32)15-34-24/h4-8,11-12,17H,9-10,13-15H2,1-3H3,(H,30,32). The molecule has 1 unspecified atom stereocenters. The van der Waals surface area contributed by atoms with Gasteiger partial charge in [-0.2, -0.15) is 0 Å². The Morgan fingerprint density at radius 2 is 1.97 bits per heavy atom. The Morgan fingerprint density at radius 3 is 2.77 bits per heavy atom. The van der Waals surface area contributed by atoms with E-state index < -0.39 is 12.6 Å². The Bertz CT molecular complexity index is 1360. The summed E-state index contributed by atoms with van der Waals surface area (Å²) in [5.74, 6) is -0.241. The predicted molar refractivity (Wildman–Crippen MR) is 132 cm³/mol. The maximum atomic E-state index is 13.4. The number of carbonyl (C=O) groups is 3. The zero-order valence-corrected chi connectivity index (χ0v) is 20.1. The van der Waals surface area contributed by atoms with Gasteiger partial charge in [0.05, 0.1) is 16.8 Å². The number of fused-ring (bicyclic) bond motifs is 3. The van der Waals surface area contributed by atoms with Gasteiger partial charge in [0, 0.05) is 16.6 Å². The van der Waals surface area contributed by atoms with Gasteiger partial charge in [0.25, 0.3) is 5.91 Å². The summed E-state index contributed by atoms with van der Waals surface area (Å²) in [5, 5.41) is 3.43. The molecule has 7 heteroatoms. The lowest BCUT2D eigenvalue weighted by molar-refractivity contribution is -0.118.